The number of benzene rings is 1. The van der Waals surface area contributed by atoms with E-state index in [2.05, 4.69) is 9.97 Å². The Balaban J connectivity index is 1.96. The van der Waals surface area contributed by atoms with Crippen molar-refractivity contribution in [3.63, 3.8) is 0 Å². The zero-order chi connectivity index (χ0) is 34.1. The molecule has 0 unspecified atom stereocenters. The minimum atomic E-state index is -4.40. The number of nitrogens with zero attached hydrogens (tertiary/aromatic N) is 5. The van der Waals surface area contributed by atoms with Gasteiger partial charge in [0.2, 0.25) is 0 Å². The van der Waals surface area contributed by atoms with Crippen molar-refractivity contribution < 1.29 is 41.0 Å². The van der Waals surface area contributed by atoms with Gasteiger partial charge in [0.1, 0.15) is 24.5 Å². The third kappa shape index (κ3) is 11.0. The number of carboxylic acid groups (broad SMARTS) is 1. The minimum absolute atomic E-state index is 0.0643. The molecule has 0 saturated heterocycles. The summed E-state index contributed by atoms with van der Waals surface area (Å²) in [5, 5.41) is 9.19. The Morgan fingerprint density at radius 2 is 1.65 bits per heavy atom. The molecule has 0 atom stereocenters. The summed E-state index contributed by atoms with van der Waals surface area (Å²) in [7, 11) is -4.23. The summed E-state index contributed by atoms with van der Waals surface area (Å²) in [6, 6.07) is 15.0. The third-order valence-corrected chi connectivity index (χ3v) is 8.08. The number of amides is 1. The Bertz CT molecular complexity index is 1570. The second-order valence-corrected chi connectivity index (χ2v) is 13.3. The number of pyridine rings is 2. The van der Waals surface area contributed by atoms with Gasteiger partial charge < -0.3 is 14.7 Å². The van der Waals surface area contributed by atoms with Gasteiger partial charge in [0, 0.05) is 25.0 Å². The van der Waals surface area contributed by atoms with Crippen LogP contribution >= 0.6 is 0 Å². The number of aromatic nitrogens is 2. The molecule has 2 heterocycles. The maximum atomic E-state index is 13.8. The fourth-order valence-electron chi connectivity index (χ4n) is 4.32. The summed E-state index contributed by atoms with van der Waals surface area (Å²) in [4.78, 5) is 34.9. The highest BCUT2D eigenvalue weighted by Gasteiger charge is 2.32. The van der Waals surface area contributed by atoms with Crippen molar-refractivity contribution in [2.45, 2.75) is 70.4 Å². The number of anilines is 2. The fraction of sp³-hybridized carbons (Fsp3) is 0.419. The monoisotopic (exact) mass is 665 g/mol. The normalized spacial score (nSPS) is 12.2. The van der Waals surface area contributed by atoms with Crippen LogP contribution in [0.5, 0.6) is 0 Å². The van der Waals surface area contributed by atoms with Gasteiger partial charge in [0.05, 0.1) is 12.2 Å². The number of aliphatic carboxylic acids is 1. The molecule has 3 aromatic rings. The number of halogens is 3. The highest BCUT2D eigenvalue weighted by atomic mass is 32.2. The fourth-order valence-corrected chi connectivity index (χ4v) is 5.65. The lowest BCUT2D eigenvalue weighted by molar-refractivity contribution is -0.135. The molecule has 0 spiro atoms. The van der Waals surface area contributed by atoms with Crippen LogP contribution in [0, 0.1) is 0 Å². The third-order valence-electron chi connectivity index (χ3n) is 6.37. The summed E-state index contributed by atoms with van der Waals surface area (Å²) >= 11 is 0. The first-order chi connectivity index (χ1) is 21.5. The van der Waals surface area contributed by atoms with Gasteiger partial charge in [-0.15, -0.1) is 0 Å². The standard InChI is InChI=1S/C31H38F3N5O6S/c1-5-6-18-37(22-31(32,33)34)25-15-13-23(14-16-25)19-38(46(43,44)27-12-7-8-17-35-27)20-24-10-9-11-26(36-24)39(21-28(40)41)29(42)45-30(2,3)4/h7-17H,5-6,18-22H2,1-4H3,(H,40,41). The highest BCUT2D eigenvalue weighted by molar-refractivity contribution is 7.89. The van der Waals surface area contributed by atoms with Gasteiger partial charge in [-0.05, 0) is 69.2 Å². The van der Waals surface area contributed by atoms with E-state index in [1.807, 2.05) is 6.92 Å². The van der Waals surface area contributed by atoms with Gasteiger partial charge >= 0.3 is 18.2 Å². The molecule has 0 radical (unpaired) electrons. The Hall–Kier alpha value is -4.24. The molecule has 1 amide bonds. The summed E-state index contributed by atoms with van der Waals surface area (Å²) in [5.41, 5.74) is 0.101. The maximum absolute atomic E-state index is 13.8. The number of sulfonamides is 1. The Kier molecular flexibility index (Phi) is 12.1. The number of carbonyl (C=O) groups is 2. The number of ether oxygens (including phenoxy) is 1. The van der Waals surface area contributed by atoms with Crippen LogP contribution in [-0.2, 0) is 32.6 Å². The van der Waals surface area contributed by atoms with Gasteiger partial charge in [-0.2, -0.15) is 17.5 Å². The van der Waals surface area contributed by atoms with Crippen LogP contribution < -0.4 is 9.80 Å². The first-order valence-electron chi connectivity index (χ1n) is 14.5. The first kappa shape index (κ1) is 36.2. The van der Waals surface area contributed by atoms with Crippen LogP contribution in [0.4, 0.5) is 29.5 Å². The number of alkyl halides is 3. The zero-order valence-corrected chi connectivity index (χ0v) is 26.9. The molecule has 11 nitrogen and oxygen atoms in total. The van der Waals surface area contributed by atoms with Crippen LogP contribution in [0.2, 0.25) is 0 Å². The SMILES string of the molecule is CCCCN(CC(F)(F)F)c1ccc(CN(Cc2cccc(N(CC(=O)O)C(=O)OC(C)(C)C)n2)S(=O)(=O)c2ccccn2)cc1. The quantitative estimate of drug-likeness (QED) is 0.225. The van der Waals surface area contributed by atoms with Crippen LogP contribution in [0.15, 0.2) is 71.9 Å². The number of hydrogen-bond acceptors (Lipinski definition) is 8. The van der Waals surface area contributed by atoms with Crippen LogP contribution in [0.1, 0.15) is 51.8 Å². The molecule has 1 N–H and O–H groups in total. The van der Waals surface area contributed by atoms with E-state index in [4.69, 9.17) is 4.74 Å². The number of carbonyl (C=O) groups excluding carboxylic acids is 1. The van der Waals surface area contributed by atoms with Gasteiger partial charge in [-0.25, -0.2) is 23.2 Å². The lowest BCUT2D eigenvalue weighted by Crippen LogP contribution is -2.40. The van der Waals surface area contributed by atoms with Crippen LogP contribution in [0.25, 0.3) is 0 Å². The molecule has 250 valence electrons. The van der Waals surface area contributed by atoms with Gasteiger partial charge in [-0.1, -0.05) is 37.6 Å². The lowest BCUT2D eigenvalue weighted by Gasteiger charge is -2.27. The molecule has 2 aromatic heterocycles. The average Bonchev–Trinajstić information content (AvgIpc) is 2.97. The van der Waals surface area contributed by atoms with E-state index in [-0.39, 0.29) is 36.2 Å². The Morgan fingerprint density at radius 1 is 0.957 bits per heavy atom. The topological polar surface area (TPSA) is 133 Å². The predicted molar refractivity (Wildman–Crippen MR) is 166 cm³/mol. The molecule has 46 heavy (non-hydrogen) atoms. The summed E-state index contributed by atoms with van der Waals surface area (Å²) < 4.78 is 73.7. The molecule has 1 aromatic carbocycles. The van der Waals surface area contributed by atoms with E-state index in [9.17, 15) is 36.3 Å². The predicted octanol–water partition coefficient (Wildman–Crippen LogP) is 5.86. The number of hydrogen-bond donors (Lipinski definition) is 1. The smallest absolute Gasteiger partial charge is 0.416 e. The van der Waals surface area contributed by atoms with Crippen LogP contribution in [-0.4, -0.2) is 71.3 Å². The first-order valence-corrected chi connectivity index (χ1v) is 15.9. The van der Waals surface area contributed by atoms with E-state index in [1.54, 1.807) is 39.0 Å². The molecule has 15 heteroatoms. The van der Waals surface area contributed by atoms with E-state index < -0.39 is 47.0 Å². The second-order valence-electron chi connectivity index (χ2n) is 11.4. The molecular formula is C31H38F3N5O6S. The molecule has 0 saturated carbocycles. The van der Waals surface area contributed by atoms with Crippen molar-refractivity contribution in [3.05, 3.63) is 78.1 Å². The van der Waals surface area contributed by atoms with E-state index in [0.29, 0.717) is 24.1 Å². The van der Waals surface area contributed by atoms with Crippen molar-refractivity contribution in [1.29, 1.82) is 0 Å². The maximum Gasteiger partial charge on any atom is 0.416 e. The van der Waals surface area contributed by atoms with Gasteiger partial charge in [-0.3, -0.25) is 9.69 Å². The summed E-state index contributed by atoms with van der Waals surface area (Å²) in [6.07, 6.45) is -2.73. The zero-order valence-electron chi connectivity index (χ0n) is 26.1. The molecule has 0 aliphatic rings. The molecule has 0 fully saturated rings. The van der Waals surface area contributed by atoms with E-state index in [1.165, 1.54) is 53.6 Å². The highest BCUT2D eigenvalue weighted by Crippen LogP contribution is 2.26. The number of carboxylic acids is 1. The number of rotatable bonds is 14. The molecule has 0 bridgehead atoms. The average molecular weight is 666 g/mol. The Labute approximate surface area is 266 Å². The molecule has 0 aliphatic carbocycles. The van der Waals surface area contributed by atoms with Gasteiger partial charge in [0.15, 0.2) is 5.03 Å². The summed E-state index contributed by atoms with van der Waals surface area (Å²) in [6.45, 7) is 4.61. The molecule has 3 rings (SSSR count). The van der Waals surface area contributed by atoms with Crippen molar-refractivity contribution in [2.75, 3.05) is 29.4 Å². The number of unbranched alkanes of at least 4 members (excludes halogenated alkanes) is 1. The second kappa shape index (κ2) is 15.4. The summed E-state index contributed by atoms with van der Waals surface area (Å²) in [5.74, 6) is -1.38. The largest absolute Gasteiger partial charge is 0.480 e. The van der Waals surface area contributed by atoms with Crippen molar-refractivity contribution in [1.82, 2.24) is 14.3 Å². The Morgan fingerprint density at radius 3 is 2.22 bits per heavy atom. The van der Waals surface area contributed by atoms with Crippen LogP contribution in [0.3, 0.4) is 0 Å². The lowest BCUT2D eigenvalue weighted by atomic mass is 10.1. The van der Waals surface area contributed by atoms with Crippen molar-refractivity contribution >= 4 is 33.6 Å². The molecular weight excluding hydrogens is 627 g/mol. The molecule has 0 aliphatic heterocycles. The minimum Gasteiger partial charge on any atom is -0.480 e. The van der Waals surface area contributed by atoms with E-state index >= 15 is 0 Å². The van der Waals surface area contributed by atoms with Gasteiger partial charge in [0.25, 0.3) is 10.0 Å². The van der Waals surface area contributed by atoms with E-state index in [0.717, 1.165) is 9.21 Å². The van der Waals surface area contributed by atoms with Crippen molar-refractivity contribution in [2.24, 2.45) is 0 Å². The van der Waals surface area contributed by atoms with Crippen molar-refractivity contribution in [3.8, 4) is 0 Å².